The van der Waals surface area contributed by atoms with Crippen LogP contribution in [-0.2, 0) is 19.6 Å². The molecule has 0 aliphatic carbocycles. The van der Waals surface area contributed by atoms with Gasteiger partial charge in [-0.15, -0.1) is 0 Å². The number of primary amides is 1. The topological polar surface area (TPSA) is 116 Å². The molecule has 3 N–H and O–H groups in total. The van der Waals surface area contributed by atoms with Crippen molar-refractivity contribution >= 4 is 21.9 Å². The lowest BCUT2D eigenvalue weighted by atomic mass is 9.93. The van der Waals surface area contributed by atoms with E-state index >= 15 is 0 Å². The molecule has 0 spiro atoms. The molecule has 0 unspecified atom stereocenters. The Morgan fingerprint density at radius 3 is 2.38 bits per heavy atom. The average Bonchev–Trinajstić information content (AvgIpc) is 2.44. The van der Waals surface area contributed by atoms with Gasteiger partial charge < -0.3 is 10.5 Å². The predicted octanol–water partition coefficient (Wildman–Crippen LogP) is 0.263. The smallest absolute Gasteiger partial charge is 0.339 e. The number of ether oxygens (including phenoxy) is 1. The number of hydrogen-bond acceptors (Lipinski definition) is 5. The summed E-state index contributed by atoms with van der Waals surface area (Å²) in [5, 5.41) is 0. The van der Waals surface area contributed by atoms with Crippen LogP contribution in [0.4, 0.5) is 0 Å². The first-order valence-electron chi connectivity index (χ1n) is 6.09. The minimum Gasteiger partial charge on any atom is -0.465 e. The van der Waals surface area contributed by atoms with Gasteiger partial charge in [-0.05, 0) is 26.0 Å². The van der Waals surface area contributed by atoms with Crippen molar-refractivity contribution in [3.8, 4) is 0 Å². The number of amides is 1. The standard InChI is InChI=1S/C13H18N2O5S/c1-13(2,12(14)17)8-15-21(18,19)10-7-5-4-6-9(10)11(16)20-3/h4-7,15H,8H2,1-3H3,(H2,14,17). The molecule has 0 aliphatic rings. The van der Waals surface area contributed by atoms with Crippen LogP contribution in [0.3, 0.4) is 0 Å². The number of esters is 1. The summed E-state index contributed by atoms with van der Waals surface area (Å²) in [5.41, 5.74) is 4.06. The molecule has 1 aromatic rings. The minimum absolute atomic E-state index is 0.0793. The summed E-state index contributed by atoms with van der Waals surface area (Å²) in [4.78, 5) is 22.6. The molecule has 21 heavy (non-hydrogen) atoms. The number of sulfonamides is 1. The zero-order valence-corrected chi connectivity index (χ0v) is 12.9. The maximum Gasteiger partial charge on any atom is 0.339 e. The summed E-state index contributed by atoms with van der Waals surface area (Å²) in [5.74, 6) is -1.39. The second kappa shape index (κ2) is 6.23. The summed E-state index contributed by atoms with van der Waals surface area (Å²) in [6.45, 7) is 2.86. The Kier molecular flexibility index (Phi) is 5.08. The number of carbonyl (C=O) groups excluding carboxylic acids is 2. The van der Waals surface area contributed by atoms with Crippen molar-refractivity contribution in [2.24, 2.45) is 11.1 Å². The van der Waals surface area contributed by atoms with Crippen molar-refractivity contribution in [1.82, 2.24) is 4.72 Å². The van der Waals surface area contributed by atoms with E-state index in [1.54, 1.807) is 0 Å². The van der Waals surface area contributed by atoms with Crippen LogP contribution in [0, 0.1) is 5.41 Å². The molecule has 0 radical (unpaired) electrons. The number of rotatable bonds is 6. The highest BCUT2D eigenvalue weighted by Gasteiger charge is 2.29. The van der Waals surface area contributed by atoms with Gasteiger partial charge in [0, 0.05) is 6.54 Å². The van der Waals surface area contributed by atoms with Gasteiger partial charge in [-0.1, -0.05) is 12.1 Å². The molecule has 0 heterocycles. The molecule has 0 aromatic heterocycles. The van der Waals surface area contributed by atoms with E-state index in [-0.39, 0.29) is 17.0 Å². The molecule has 0 atom stereocenters. The lowest BCUT2D eigenvalue weighted by Crippen LogP contribution is -2.42. The summed E-state index contributed by atoms with van der Waals surface area (Å²) < 4.78 is 31.4. The third kappa shape index (κ3) is 4.02. The van der Waals surface area contributed by atoms with Crippen LogP contribution < -0.4 is 10.5 Å². The van der Waals surface area contributed by atoms with Crippen LogP contribution >= 0.6 is 0 Å². The summed E-state index contributed by atoms with van der Waals surface area (Å²) in [7, 11) is -2.81. The Labute approximate surface area is 123 Å². The summed E-state index contributed by atoms with van der Waals surface area (Å²) >= 11 is 0. The van der Waals surface area contributed by atoms with Gasteiger partial charge in [-0.3, -0.25) is 4.79 Å². The van der Waals surface area contributed by atoms with Crippen LogP contribution in [0.1, 0.15) is 24.2 Å². The molecule has 0 fully saturated rings. The van der Waals surface area contributed by atoms with Crippen LogP contribution in [0.15, 0.2) is 29.2 Å². The molecule has 0 aliphatic heterocycles. The molecule has 1 aromatic carbocycles. The maximum absolute atomic E-state index is 12.3. The molecule has 0 saturated heterocycles. The number of benzene rings is 1. The van der Waals surface area contributed by atoms with Gasteiger partial charge >= 0.3 is 5.97 Å². The molecule has 0 saturated carbocycles. The average molecular weight is 314 g/mol. The Bertz CT molecular complexity index is 652. The van der Waals surface area contributed by atoms with Crippen molar-refractivity contribution in [3.63, 3.8) is 0 Å². The van der Waals surface area contributed by atoms with Gasteiger partial charge in [0.2, 0.25) is 15.9 Å². The van der Waals surface area contributed by atoms with Crippen molar-refractivity contribution in [1.29, 1.82) is 0 Å². The van der Waals surface area contributed by atoms with Crippen LogP contribution in [0.2, 0.25) is 0 Å². The highest BCUT2D eigenvalue weighted by Crippen LogP contribution is 2.18. The van der Waals surface area contributed by atoms with E-state index in [9.17, 15) is 18.0 Å². The quantitative estimate of drug-likeness (QED) is 0.731. The first kappa shape index (κ1) is 17.1. The van der Waals surface area contributed by atoms with E-state index in [1.165, 1.54) is 38.1 Å². The third-order valence-corrected chi connectivity index (χ3v) is 4.41. The second-order valence-electron chi connectivity index (χ2n) is 5.06. The van der Waals surface area contributed by atoms with E-state index in [4.69, 9.17) is 5.73 Å². The Balaban J connectivity index is 3.10. The monoisotopic (exact) mass is 314 g/mol. The van der Waals surface area contributed by atoms with Crippen LogP contribution in [-0.4, -0.2) is 33.9 Å². The lowest BCUT2D eigenvalue weighted by Gasteiger charge is -2.21. The first-order chi connectivity index (χ1) is 9.62. The molecule has 1 rings (SSSR count). The van der Waals surface area contributed by atoms with Gasteiger partial charge in [0.05, 0.1) is 23.0 Å². The molecule has 8 heteroatoms. The summed E-state index contributed by atoms with van der Waals surface area (Å²) in [6.07, 6.45) is 0. The lowest BCUT2D eigenvalue weighted by molar-refractivity contribution is -0.125. The number of nitrogens with one attached hydrogen (secondary N) is 1. The van der Waals surface area contributed by atoms with E-state index in [0.29, 0.717) is 0 Å². The van der Waals surface area contributed by atoms with Crippen LogP contribution in [0.25, 0.3) is 0 Å². The third-order valence-electron chi connectivity index (χ3n) is 2.95. The number of carbonyl (C=O) groups is 2. The highest BCUT2D eigenvalue weighted by atomic mass is 32.2. The first-order valence-corrected chi connectivity index (χ1v) is 7.57. The van der Waals surface area contributed by atoms with Crippen LogP contribution in [0.5, 0.6) is 0 Å². The minimum atomic E-state index is -3.97. The van der Waals surface area contributed by atoms with Crippen molar-refractivity contribution in [2.45, 2.75) is 18.7 Å². The number of nitrogens with two attached hydrogens (primary N) is 1. The predicted molar refractivity (Wildman–Crippen MR) is 75.9 cm³/mol. The fourth-order valence-electron chi connectivity index (χ4n) is 1.42. The largest absolute Gasteiger partial charge is 0.465 e. The maximum atomic E-state index is 12.3. The summed E-state index contributed by atoms with van der Waals surface area (Å²) in [6, 6.07) is 5.64. The zero-order chi connectivity index (χ0) is 16.3. The van der Waals surface area contributed by atoms with Crippen molar-refractivity contribution < 1.29 is 22.7 Å². The van der Waals surface area contributed by atoms with E-state index in [1.807, 2.05) is 0 Å². The fraction of sp³-hybridized carbons (Fsp3) is 0.385. The molecular weight excluding hydrogens is 296 g/mol. The Hall–Kier alpha value is -1.93. The Morgan fingerprint density at radius 2 is 1.86 bits per heavy atom. The molecule has 0 bridgehead atoms. The number of hydrogen-bond donors (Lipinski definition) is 2. The van der Waals surface area contributed by atoms with Gasteiger partial charge in [0.15, 0.2) is 0 Å². The fourth-order valence-corrected chi connectivity index (χ4v) is 2.82. The molecule has 116 valence electrons. The highest BCUT2D eigenvalue weighted by molar-refractivity contribution is 7.89. The van der Waals surface area contributed by atoms with Gasteiger partial charge in [-0.2, -0.15) is 0 Å². The van der Waals surface area contributed by atoms with E-state index < -0.39 is 27.3 Å². The molecule has 7 nitrogen and oxygen atoms in total. The van der Waals surface area contributed by atoms with E-state index in [0.717, 1.165) is 7.11 Å². The van der Waals surface area contributed by atoms with E-state index in [2.05, 4.69) is 9.46 Å². The molecule has 1 amide bonds. The normalized spacial score (nSPS) is 12.0. The van der Waals surface area contributed by atoms with Crippen molar-refractivity contribution in [3.05, 3.63) is 29.8 Å². The van der Waals surface area contributed by atoms with Crippen molar-refractivity contribution in [2.75, 3.05) is 13.7 Å². The van der Waals surface area contributed by atoms with Gasteiger partial charge in [0.25, 0.3) is 0 Å². The van der Waals surface area contributed by atoms with Gasteiger partial charge in [0.1, 0.15) is 0 Å². The molecular formula is C13H18N2O5S. The van der Waals surface area contributed by atoms with Gasteiger partial charge in [-0.25, -0.2) is 17.9 Å². The number of methoxy groups -OCH3 is 1. The zero-order valence-electron chi connectivity index (χ0n) is 12.0. The second-order valence-corrected chi connectivity index (χ2v) is 6.80. The Morgan fingerprint density at radius 1 is 1.29 bits per heavy atom. The SMILES string of the molecule is COC(=O)c1ccccc1S(=O)(=O)NCC(C)(C)C(N)=O.